The Morgan fingerprint density at radius 1 is 1.35 bits per heavy atom. The Hall–Kier alpha value is -0.750. The van der Waals surface area contributed by atoms with Crippen LogP contribution in [0.4, 0.5) is 13.2 Å². The third-order valence-electron chi connectivity index (χ3n) is 1.90. The minimum absolute atomic E-state index is 0.0306. The van der Waals surface area contributed by atoms with E-state index in [1.54, 1.807) is 0 Å². The van der Waals surface area contributed by atoms with Gasteiger partial charge in [0.1, 0.15) is 0 Å². The van der Waals surface area contributed by atoms with Gasteiger partial charge in [-0.05, 0) is 24.7 Å². The van der Waals surface area contributed by atoms with Crippen LogP contribution in [0.25, 0.3) is 0 Å². The fraction of sp³-hybridized carbons (Fsp3) is 0.364. The van der Waals surface area contributed by atoms with Gasteiger partial charge in [-0.15, -0.1) is 0 Å². The molecule has 0 saturated heterocycles. The molecule has 0 fully saturated rings. The summed E-state index contributed by atoms with van der Waals surface area (Å²) in [5.41, 5.74) is 0.996. The molecule has 6 heteroatoms. The molecule has 0 spiro atoms. The molecule has 17 heavy (non-hydrogen) atoms. The van der Waals surface area contributed by atoms with E-state index in [1.807, 2.05) is 37.3 Å². The highest BCUT2D eigenvalue weighted by Crippen LogP contribution is 2.30. The Bertz CT molecular complexity index is 365. The number of ether oxygens (including phenoxy) is 1. The summed E-state index contributed by atoms with van der Waals surface area (Å²) in [5, 5.41) is -0.0306. The van der Waals surface area contributed by atoms with Crippen LogP contribution >= 0.6 is 24.0 Å². The van der Waals surface area contributed by atoms with Crippen LogP contribution in [0.3, 0.4) is 0 Å². The van der Waals surface area contributed by atoms with Crippen molar-refractivity contribution in [1.29, 1.82) is 0 Å². The van der Waals surface area contributed by atoms with Gasteiger partial charge in [-0.1, -0.05) is 42.1 Å². The van der Waals surface area contributed by atoms with Crippen molar-refractivity contribution in [2.45, 2.75) is 18.3 Å². The first-order chi connectivity index (χ1) is 7.88. The quantitative estimate of drug-likeness (QED) is 0.762. The summed E-state index contributed by atoms with van der Waals surface area (Å²) < 4.78 is 40.0. The van der Waals surface area contributed by atoms with Crippen molar-refractivity contribution >= 4 is 28.4 Å². The van der Waals surface area contributed by atoms with Gasteiger partial charge in [-0.25, -0.2) is 0 Å². The monoisotopic (exact) mass is 280 g/mol. The summed E-state index contributed by atoms with van der Waals surface area (Å²) in [4.78, 5) is 0. The summed E-state index contributed by atoms with van der Waals surface area (Å²) in [6, 6.07) is 9.39. The van der Waals surface area contributed by atoms with Crippen molar-refractivity contribution in [2.75, 3.05) is 6.61 Å². The van der Waals surface area contributed by atoms with Crippen LogP contribution in [0.15, 0.2) is 30.3 Å². The highest BCUT2D eigenvalue weighted by molar-refractivity contribution is 8.22. The molecule has 1 unspecified atom stereocenters. The van der Waals surface area contributed by atoms with Crippen molar-refractivity contribution in [1.82, 2.24) is 0 Å². The van der Waals surface area contributed by atoms with Crippen molar-refractivity contribution in [3.05, 3.63) is 35.9 Å². The first kappa shape index (κ1) is 14.3. The van der Waals surface area contributed by atoms with Crippen molar-refractivity contribution in [3.63, 3.8) is 0 Å². The van der Waals surface area contributed by atoms with E-state index in [-0.39, 0.29) is 9.63 Å². The second-order valence-corrected chi connectivity index (χ2v) is 5.27. The Morgan fingerprint density at radius 3 is 2.47 bits per heavy atom. The van der Waals surface area contributed by atoms with E-state index in [9.17, 15) is 13.2 Å². The largest absolute Gasteiger partial charge is 0.469 e. The molecule has 0 aliphatic rings. The molecule has 94 valence electrons. The molecule has 0 aliphatic heterocycles. The third-order valence-corrected chi connectivity index (χ3v) is 3.24. The third kappa shape index (κ3) is 5.93. The van der Waals surface area contributed by atoms with E-state index in [1.165, 1.54) is 0 Å². The molecule has 0 saturated carbocycles. The molecular formula is C11H11F3OS2. The summed E-state index contributed by atoms with van der Waals surface area (Å²) in [6.07, 6.45) is -4.35. The Kier molecular flexibility index (Phi) is 5.27. The van der Waals surface area contributed by atoms with Gasteiger partial charge in [0.2, 0.25) is 4.38 Å². The number of thiocarbonyl (C=S) groups is 1. The molecule has 1 rings (SSSR count). The standard InChI is InChI=1S/C11H11F3OS2/c1-8(9-5-3-2-4-6-9)17-10(16)15-7-11(12,13)14/h2-6,8H,7H2,1H3. The maximum absolute atomic E-state index is 11.9. The molecule has 1 aromatic rings. The normalized spacial score (nSPS) is 13.2. The summed E-state index contributed by atoms with van der Waals surface area (Å²) >= 11 is 5.84. The molecule has 0 N–H and O–H groups in total. The molecule has 0 aliphatic carbocycles. The molecule has 0 amide bonds. The molecule has 1 aromatic carbocycles. The second kappa shape index (κ2) is 6.26. The van der Waals surface area contributed by atoms with Gasteiger partial charge >= 0.3 is 6.18 Å². The zero-order valence-corrected chi connectivity index (χ0v) is 10.7. The van der Waals surface area contributed by atoms with Gasteiger partial charge in [0.25, 0.3) is 0 Å². The van der Waals surface area contributed by atoms with E-state index >= 15 is 0 Å². The SMILES string of the molecule is CC(SC(=S)OCC(F)(F)F)c1ccccc1. The van der Waals surface area contributed by atoms with Crippen molar-refractivity contribution in [2.24, 2.45) is 0 Å². The highest BCUT2D eigenvalue weighted by Gasteiger charge is 2.29. The van der Waals surface area contributed by atoms with Crippen LogP contribution in [-0.2, 0) is 4.74 Å². The van der Waals surface area contributed by atoms with E-state index < -0.39 is 12.8 Å². The van der Waals surface area contributed by atoms with Crippen LogP contribution in [0.5, 0.6) is 0 Å². The average Bonchev–Trinajstić information content (AvgIpc) is 2.27. The summed E-state index contributed by atoms with van der Waals surface area (Å²) in [7, 11) is 0. The van der Waals surface area contributed by atoms with Crippen LogP contribution in [0.2, 0.25) is 0 Å². The van der Waals surface area contributed by atoms with E-state index in [2.05, 4.69) is 4.74 Å². The highest BCUT2D eigenvalue weighted by atomic mass is 32.2. The molecule has 1 atom stereocenters. The number of rotatable bonds is 3. The Balaban J connectivity index is 2.42. The lowest BCUT2D eigenvalue weighted by atomic mass is 10.2. The van der Waals surface area contributed by atoms with Gasteiger partial charge in [-0.3, -0.25) is 0 Å². The molecule has 0 bridgehead atoms. The maximum Gasteiger partial charge on any atom is 0.422 e. The molecule has 0 aromatic heterocycles. The number of benzene rings is 1. The minimum atomic E-state index is -4.35. The fourth-order valence-corrected chi connectivity index (χ4v) is 2.31. The fourth-order valence-electron chi connectivity index (χ4n) is 1.11. The molecule has 0 heterocycles. The topological polar surface area (TPSA) is 9.23 Å². The average molecular weight is 280 g/mol. The second-order valence-electron chi connectivity index (χ2n) is 3.32. The lowest BCUT2D eigenvalue weighted by Gasteiger charge is -2.13. The number of hydrogen-bond donors (Lipinski definition) is 0. The zero-order valence-electron chi connectivity index (χ0n) is 9.03. The zero-order chi connectivity index (χ0) is 12.9. The van der Waals surface area contributed by atoms with Gasteiger partial charge in [-0.2, -0.15) is 13.2 Å². The van der Waals surface area contributed by atoms with E-state index in [0.717, 1.165) is 17.3 Å². The predicted molar refractivity (Wildman–Crippen MR) is 67.1 cm³/mol. The van der Waals surface area contributed by atoms with Crippen LogP contribution in [0, 0.1) is 0 Å². The van der Waals surface area contributed by atoms with Gasteiger partial charge in [0.05, 0.1) is 0 Å². The molecular weight excluding hydrogens is 269 g/mol. The van der Waals surface area contributed by atoms with E-state index in [4.69, 9.17) is 12.2 Å². The van der Waals surface area contributed by atoms with Crippen LogP contribution < -0.4 is 0 Å². The van der Waals surface area contributed by atoms with Gasteiger partial charge in [0.15, 0.2) is 6.61 Å². The Labute approximate surface area is 107 Å². The number of halogens is 3. The lowest BCUT2D eigenvalue weighted by Crippen LogP contribution is -2.18. The number of thioether (sulfide) groups is 1. The summed E-state index contributed by atoms with van der Waals surface area (Å²) in [5.74, 6) is 0. The van der Waals surface area contributed by atoms with Crippen LogP contribution in [-0.4, -0.2) is 17.2 Å². The van der Waals surface area contributed by atoms with Gasteiger partial charge < -0.3 is 4.74 Å². The molecule has 1 nitrogen and oxygen atoms in total. The maximum atomic E-state index is 11.9. The minimum Gasteiger partial charge on any atom is -0.469 e. The van der Waals surface area contributed by atoms with Crippen molar-refractivity contribution in [3.8, 4) is 0 Å². The van der Waals surface area contributed by atoms with Crippen molar-refractivity contribution < 1.29 is 17.9 Å². The summed E-state index contributed by atoms with van der Waals surface area (Å²) in [6.45, 7) is 0.531. The van der Waals surface area contributed by atoms with Crippen LogP contribution in [0.1, 0.15) is 17.7 Å². The lowest BCUT2D eigenvalue weighted by molar-refractivity contribution is -0.154. The first-order valence-corrected chi connectivity index (χ1v) is 6.12. The number of hydrogen-bond acceptors (Lipinski definition) is 3. The first-order valence-electron chi connectivity index (χ1n) is 4.83. The van der Waals surface area contributed by atoms with E-state index in [0.29, 0.717) is 0 Å². The predicted octanol–water partition coefficient (Wildman–Crippen LogP) is 4.34. The number of alkyl halides is 3. The smallest absolute Gasteiger partial charge is 0.422 e. The Morgan fingerprint density at radius 2 is 1.94 bits per heavy atom. The molecule has 0 radical (unpaired) electrons. The van der Waals surface area contributed by atoms with Gasteiger partial charge in [0, 0.05) is 5.25 Å².